The molecule has 0 unspecified atom stereocenters. The molecule has 0 amide bonds. The van der Waals surface area contributed by atoms with Crippen LogP contribution in [0.3, 0.4) is 0 Å². The Kier molecular flexibility index (Phi) is 4.98. The predicted molar refractivity (Wildman–Crippen MR) is 80.9 cm³/mol. The number of thiocarbonyl (C=S) groups is 1. The van der Waals surface area contributed by atoms with E-state index in [0.29, 0.717) is 17.6 Å². The minimum absolute atomic E-state index is 0.564. The van der Waals surface area contributed by atoms with Gasteiger partial charge in [-0.1, -0.05) is 54.9 Å². The highest BCUT2D eigenvalue weighted by Crippen LogP contribution is 2.26. The number of nitrogens with two attached hydrogens (primary N) is 1. The summed E-state index contributed by atoms with van der Waals surface area (Å²) < 4.78 is 0. The molecule has 4 heteroatoms. The predicted octanol–water partition coefficient (Wildman–Crippen LogP) is 3.37. The van der Waals surface area contributed by atoms with Crippen LogP contribution < -0.4 is 5.73 Å². The van der Waals surface area contributed by atoms with Gasteiger partial charge in [0, 0.05) is 24.2 Å². The number of halogens is 1. The van der Waals surface area contributed by atoms with Gasteiger partial charge in [-0.25, -0.2) is 0 Å². The summed E-state index contributed by atoms with van der Waals surface area (Å²) in [6.45, 7) is 1.52. The van der Waals surface area contributed by atoms with Crippen molar-refractivity contribution in [2.75, 3.05) is 6.54 Å². The summed E-state index contributed by atoms with van der Waals surface area (Å²) >= 11 is 11.3. The summed E-state index contributed by atoms with van der Waals surface area (Å²) in [5, 5.41) is 0.823. The molecule has 0 aromatic heterocycles. The first-order valence-corrected chi connectivity index (χ1v) is 7.21. The van der Waals surface area contributed by atoms with Crippen molar-refractivity contribution in [2.24, 2.45) is 5.73 Å². The molecule has 2 nitrogen and oxygen atoms in total. The average Bonchev–Trinajstić information content (AvgIpc) is 2.84. The fourth-order valence-corrected chi connectivity index (χ4v) is 2.99. The Morgan fingerprint density at radius 3 is 2.61 bits per heavy atom. The molecule has 1 saturated carbocycles. The third-order valence-electron chi connectivity index (χ3n) is 3.53. The van der Waals surface area contributed by atoms with Crippen molar-refractivity contribution in [3.05, 3.63) is 34.9 Å². The van der Waals surface area contributed by atoms with E-state index in [1.54, 1.807) is 0 Å². The molecular formula is C14H19ClN2S. The van der Waals surface area contributed by atoms with Gasteiger partial charge in [-0.05, 0) is 24.5 Å². The van der Waals surface area contributed by atoms with Gasteiger partial charge in [0.25, 0.3) is 0 Å². The summed E-state index contributed by atoms with van der Waals surface area (Å²) in [5.41, 5.74) is 6.86. The topological polar surface area (TPSA) is 29.3 Å². The monoisotopic (exact) mass is 282 g/mol. The standard InChI is InChI=1S/C14H19ClN2S/c15-13-8-4-1-5-11(13)9-17(10-14(16)18)12-6-2-3-7-12/h1,4-5,8,12H,2-3,6-7,9-10H2,(H2,16,18). The summed E-state index contributed by atoms with van der Waals surface area (Å²) in [6.07, 6.45) is 5.10. The summed E-state index contributed by atoms with van der Waals surface area (Å²) in [5.74, 6) is 0. The lowest BCUT2D eigenvalue weighted by atomic mass is 10.1. The van der Waals surface area contributed by atoms with Gasteiger partial charge in [-0.2, -0.15) is 0 Å². The molecule has 0 radical (unpaired) electrons. The molecule has 0 aliphatic heterocycles. The van der Waals surface area contributed by atoms with Gasteiger partial charge >= 0.3 is 0 Å². The highest BCUT2D eigenvalue weighted by Gasteiger charge is 2.23. The van der Waals surface area contributed by atoms with E-state index in [2.05, 4.69) is 11.0 Å². The molecule has 1 aliphatic rings. The second-order valence-electron chi connectivity index (χ2n) is 4.90. The van der Waals surface area contributed by atoms with Gasteiger partial charge in [0.05, 0.1) is 4.99 Å². The smallest absolute Gasteiger partial charge is 0.0870 e. The first-order chi connectivity index (χ1) is 8.66. The van der Waals surface area contributed by atoms with Crippen LogP contribution in [0, 0.1) is 0 Å². The Morgan fingerprint density at radius 2 is 2.00 bits per heavy atom. The lowest BCUT2D eigenvalue weighted by molar-refractivity contribution is 0.219. The molecule has 98 valence electrons. The highest BCUT2D eigenvalue weighted by molar-refractivity contribution is 7.80. The van der Waals surface area contributed by atoms with Crippen LogP contribution in [-0.2, 0) is 6.54 Å². The summed E-state index contributed by atoms with van der Waals surface area (Å²) in [7, 11) is 0. The Bertz CT molecular complexity index is 416. The van der Waals surface area contributed by atoms with E-state index in [0.717, 1.165) is 17.1 Å². The van der Waals surface area contributed by atoms with Gasteiger partial charge in [0.1, 0.15) is 0 Å². The van der Waals surface area contributed by atoms with Crippen LogP contribution in [0.2, 0.25) is 5.02 Å². The first-order valence-electron chi connectivity index (χ1n) is 6.42. The van der Waals surface area contributed by atoms with E-state index >= 15 is 0 Å². The normalized spacial score (nSPS) is 16.3. The zero-order valence-electron chi connectivity index (χ0n) is 10.4. The first kappa shape index (κ1) is 13.8. The molecule has 2 N–H and O–H groups in total. The van der Waals surface area contributed by atoms with Gasteiger partial charge < -0.3 is 5.73 Å². The highest BCUT2D eigenvalue weighted by atomic mass is 35.5. The quantitative estimate of drug-likeness (QED) is 0.840. The van der Waals surface area contributed by atoms with Crippen LogP contribution in [0.1, 0.15) is 31.2 Å². The van der Waals surface area contributed by atoms with Crippen molar-refractivity contribution in [1.82, 2.24) is 4.90 Å². The summed E-state index contributed by atoms with van der Waals surface area (Å²) in [4.78, 5) is 2.94. The fraction of sp³-hybridized carbons (Fsp3) is 0.500. The van der Waals surface area contributed by atoms with Gasteiger partial charge in [0.2, 0.25) is 0 Å². The maximum absolute atomic E-state index is 6.22. The third kappa shape index (κ3) is 3.67. The molecule has 18 heavy (non-hydrogen) atoms. The van der Waals surface area contributed by atoms with E-state index in [9.17, 15) is 0 Å². The van der Waals surface area contributed by atoms with Crippen LogP contribution in [0.25, 0.3) is 0 Å². The van der Waals surface area contributed by atoms with E-state index in [4.69, 9.17) is 29.6 Å². The molecule has 1 aliphatic carbocycles. The molecule has 0 spiro atoms. The van der Waals surface area contributed by atoms with Crippen molar-refractivity contribution in [2.45, 2.75) is 38.3 Å². The molecule has 0 saturated heterocycles. The lowest BCUT2D eigenvalue weighted by Gasteiger charge is -2.28. The van der Waals surface area contributed by atoms with Gasteiger partial charge in [-0.3, -0.25) is 4.90 Å². The average molecular weight is 283 g/mol. The van der Waals surface area contributed by atoms with Crippen LogP contribution in [-0.4, -0.2) is 22.5 Å². The number of rotatable bonds is 5. The summed E-state index contributed by atoms with van der Waals surface area (Å²) in [6, 6.07) is 8.59. The third-order valence-corrected chi connectivity index (χ3v) is 4.03. The largest absolute Gasteiger partial charge is 0.392 e. The van der Waals surface area contributed by atoms with Crippen molar-refractivity contribution >= 4 is 28.8 Å². The Morgan fingerprint density at radius 1 is 1.33 bits per heavy atom. The van der Waals surface area contributed by atoms with Gasteiger partial charge in [-0.15, -0.1) is 0 Å². The number of hydrogen-bond acceptors (Lipinski definition) is 2. The molecule has 2 rings (SSSR count). The van der Waals surface area contributed by atoms with Crippen molar-refractivity contribution in [3.8, 4) is 0 Å². The van der Waals surface area contributed by atoms with Crippen molar-refractivity contribution in [1.29, 1.82) is 0 Å². The van der Waals surface area contributed by atoms with E-state index in [-0.39, 0.29) is 0 Å². The second kappa shape index (κ2) is 6.50. The molecule has 1 aromatic carbocycles. The molecule has 0 atom stereocenters. The Hall–Kier alpha value is -0.640. The number of hydrogen-bond donors (Lipinski definition) is 1. The Labute approximate surface area is 119 Å². The van der Waals surface area contributed by atoms with Crippen LogP contribution in [0.4, 0.5) is 0 Å². The van der Waals surface area contributed by atoms with E-state index in [1.807, 2.05) is 18.2 Å². The Balaban J connectivity index is 2.09. The molecule has 1 fully saturated rings. The van der Waals surface area contributed by atoms with Gasteiger partial charge in [0.15, 0.2) is 0 Å². The minimum Gasteiger partial charge on any atom is -0.392 e. The SMILES string of the molecule is NC(=S)CN(Cc1ccccc1Cl)C1CCCC1. The molecular weight excluding hydrogens is 264 g/mol. The molecule has 1 aromatic rings. The van der Waals surface area contributed by atoms with Crippen molar-refractivity contribution in [3.63, 3.8) is 0 Å². The zero-order chi connectivity index (χ0) is 13.0. The lowest BCUT2D eigenvalue weighted by Crippen LogP contribution is -2.38. The number of benzene rings is 1. The van der Waals surface area contributed by atoms with E-state index < -0.39 is 0 Å². The minimum atomic E-state index is 0.564. The van der Waals surface area contributed by atoms with Crippen LogP contribution in [0.5, 0.6) is 0 Å². The van der Waals surface area contributed by atoms with E-state index in [1.165, 1.54) is 25.7 Å². The molecule has 0 heterocycles. The maximum Gasteiger partial charge on any atom is 0.0870 e. The van der Waals surface area contributed by atoms with Crippen LogP contribution >= 0.6 is 23.8 Å². The van der Waals surface area contributed by atoms with Crippen molar-refractivity contribution < 1.29 is 0 Å². The maximum atomic E-state index is 6.22. The van der Waals surface area contributed by atoms with Crippen LogP contribution in [0.15, 0.2) is 24.3 Å². The number of nitrogens with zero attached hydrogens (tertiary/aromatic N) is 1. The second-order valence-corrected chi connectivity index (χ2v) is 5.83. The zero-order valence-corrected chi connectivity index (χ0v) is 12.0. The molecule has 0 bridgehead atoms. The fourth-order valence-electron chi connectivity index (χ4n) is 2.63.